The molecule has 1 heterocycles. The van der Waals surface area contributed by atoms with Gasteiger partial charge in [-0.2, -0.15) is 0 Å². The molecule has 15 heavy (non-hydrogen) atoms. The van der Waals surface area contributed by atoms with Gasteiger partial charge in [0, 0.05) is 6.54 Å². The molecule has 88 valence electrons. The molecule has 2 atom stereocenters. The second kappa shape index (κ2) is 4.37. The zero-order chi connectivity index (χ0) is 11.6. The van der Waals surface area contributed by atoms with Crippen molar-refractivity contribution in [1.82, 2.24) is 4.90 Å². The van der Waals surface area contributed by atoms with Gasteiger partial charge < -0.3 is 19.8 Å². The molecule has 0 spiro atoms. The molecule has 0 aromatic heterocycles. The molecule has 1 fully saturated rings. The van der Waals surface area contributed by atoms with E-state index in [0.29, 0.717) is 13.0 Å². The lowest BCUT2D eigenvalue weighted by molar-refractivity contribution is 0.00661. The lowest BCUT2D eigenvalue weighted by atomic mass is 10.2. The first-order valence-electron chi connectivity index (χ1n) is 5.13. The fourth-order valence-corrected chi connectivity index (χ4v) is 1.60. The molecule has 5 nitrogen and oxygen atoms in total. The summed E-state index contributed by atoms with van der Waals surface area (Å²) in [5, 5.41) is 18.5. The first kappa shape index (κ1) is 12.3. The average molecular weight is 217 g/mol. The molecule has 1 aliphatic heterocycles. The van der Waals surface area contributed by atoms with Gasteiger partial charge in [-0.25, -0.2) is 4.79 Å². The van der Waals surface area contributed by atoms with Gasteiger partial charge in [0.05, 0.1) is 18.8 Å². The third-order valence-electron chi connectivity index (χ3n) is 2.33. The first-order chi connectivity index (χ1) is 6.85. The molecule has 0 aromatic rings. The highest BCUT2D eigenvalue weighted by molar-refractivity contribution is 5.69. The molecule has 1 amide bonds. The Morgan fingerprint density at radius 1 is 1.53 bits per heavy atom. The van der Waals surface area contributed by atoms with Gasteiger partial charge in [0.25, 0.3) is 0 Å². The zero-order valence-electron chi connectivity index (χ0n) is 9.43. The smallest absolute Gasteiger partial charge is 0.410 e. The van der Waals surface area contributed by atoms with Crippen molar-refractivity contribution in [2.45, 2.75) is 44.9 Å². The molecule has 1 rings (SSSR count). The molecule has 0 saturated carbocycles. The van der Waals surface area contributed by atoms with E-state index in [1.807, 2.05) is 0 Å². The predicted molar refractivity (Wildman–Crippen MR) is 54.4 cm³/mol. The number of ether oxygens (including phenoxy) is 1. The molecular formula is C10H19NO4. The van der Waals surface area contributed by atoms with Crippen molar-refractivity contribution in [2.75, 3.05) is 13.2 Å². The van der Waals surface area contributed by atoms with Crippen molar-refractivity contribution in [3.63, 3.8) is 0 Å². The molecule has 0 radical (unpaired) electrons. The molecule has 5 heteroatoms. The van der Waals surface area contributed by atoms with Gasteiger partial charge in [-0.1, -0.05) is 0 Å². The van der Waals surface area contributed by atoms with E-state index in [0.717, 1.165) is 0 Å². The summed E-state index contributed by atoms with van der Waals surface area (Å²) in [5.74, 6) is 0. The quantitative estimate of drug-likeness (QED) is 0.665. The maximum absolute atomic E-state index is 11.7. The third kappa shape index (κ3) is 3.07. The predicted octanol–water partition coefficient (Wildman–Crippen LogP) is 0.349. The van der Waals surface area contributed by atoms with Crippen LogP contribution in [0.3, 0.4) is 0 Å². The summed E-state index contributed by atoms with van der Waals surface area (Å²) in [6, 6.07) is -0.528. The Bertz CT molecular complexity index is 236. The van der Waals surface area contributed by atoms with Crippen molar-refractivity contribution in [3.8, 4) is 0 Å². The summed E-state index contributed by atoms with van der Waals surface area (Å²) in [6.07, 6.45) is -0.634. The Balaban J connectivity index is 2.60. The SMILES string of the molecule is CC(C)(C)OC(=O)N1CC[C@@H](O)[C@@H]1CO. The Morgan fingerprint density at radius 3 is 2.60 bits per heavy atom. The van der Waals surface area contributed by atoms with E-state index in [1.165, 1.54) is 4.90 Å². The van der Waals surface area contributed by atoms with Crippen molar-refractivity contribution in [3.05, 3.63) is 0 Å². The summed E-state index contributed by atoms with van der Waals surface area (Å²) in [7, 11) is 0. The average Bonchev–Trinajstić information content (AvgIpc) is 2.43. The number of hydrogen-bond acceptors (Lipinski definition) is 4. The van der Waals surface area contributed by atoms with Gasteiger partial charge in [0.1, 0.15) is 5.60 Å². The standard InChI is InChI=1S/C10H19NO4/c1-10(2,3)15-9(14)11-5-4-8(13)7(11)6-12/h7-8,12-13H,4-6H2,1-3H3/t7-,8+/m0/s1. The Labute approximate surface area is 89.6 Å². The number of aliphatic hydroxyl groups excluding tert-OH is 2. The maximum atomic E-state index is 11.7. The summed E-state index contributed by atoms with van der Waals surface area (Å²) in [5.41, 5.74) is -0.551. The highest BCUT2D eigenvalue weighted by Crippen LogP contribution is 2.20. The van der Waals surface area contributed by atoms with E-state index in [9.17, 15) is 9.90 Å². The van der Waals surface area contributed by atoms with Gasteiger partial charge in [-0.15, -0.1) is 0 Å². The van der Waals surface area contributed by atoms with E-state index in [2.05, 4.69) is 0 Å². The van der Waals surface area contributed by atoms with Crippen LogP contribution in [0.2, 0.25) is 0 Å². The van der Waals surface area contributed by atoms with Crippen molar-refractivity contribution < 1.29 is 19.7 Å². The minimum absolute atomic E-state index is 0.236. The largest absolute Gasteiger partial charge is 0.444 e. The van der Waals surface area contributed by atoms with Crippen molar-refractivity contribution >= 4 is 6.09 Å². The number of hydrogen-bond donors (Lipinski definition) is 2. The summed E-state index contributed by atoms with van der Waals surface area (Å²) >= 11 is 0. The fourth-order valence-electron chi connectivity index (χ4n) is 1.60. The number of likely N-dealkylation sites (tertiary alicyclic amines) is 1. The molecular weight excluding hydrogens is 198 g/mol. The number of amides is 1. The lowest BCUT2D eigenvalue weighted by Gasteiger charge is -2.28. The normalized spacial score (nSPS) is 26.9. The van der Waals surface area contributed by atoms with Crippen LogP contribution in [0.15, 0.2) is 0 Å². The topological polar surface area (TPSA) is 70.0 Å². The van der Waals surface area contributed by atoms with E-state index in [4.69, 9.17) is 9.84 Å². The highest BCUT2D eigenvalue weighted by atomic mass is 16.6. The molecule has 1 saturated heterocycles. The van der Waals surface area contributed by atoms with E-state index >= 15 is 0 Å². The zero-order valence-corrected chi connectivity index (χ0v) is 9.43. The van der Waals surface area contributed by atoms with E-state index in [-0.39, 0.29) is 6.61 Å². The van der Waals surface area contributed by atoms with Crippen molar-refractivity contribution in [1.29, 1.82) is 0 Å². The second-order valence-corrected chi connectivity index (χ2v) is 4.78. The number of nitrogens with zero attached hydrogens (tertiary/aromatic N) is 1. The molecule has 0 aromatic carbocycles. The minimum Gasteiger partial charge on any atom is -0.444 e. The lowest BCUT2D eigenvalue weighted by Crippen LogP contribution is -2.44. The van der Waals surface area contributed by atoms with Crippen LogP contribution in [0, 0.1) is 0 Å². The fraction of sp³-hybridized carbons (Fsp3) is 0.900. The van der Waals surface area contributed by atoms with Gasteiger partial charge in [-0.05, 0) is 27.2 Å². The second-order valence-electron chi connectivity index (χ2n) is 4.78. The van der Waals surface area contributed by atoms with E-state index < -0.39 is 23.8 Å². The van der Waals surface area contributed by atoms with Crippen molar-refractivity contribution in [2.24, 2.45) is 0 Å². The monoisotopic (exact) mass is 217 g/mol. The Morgan fingerprint density at radius 2 is 2.13 bits per heavy atom. The van der Waals surface area contributed by atoms with Crippen LogP contribution >= 0.6 is 0 Å². The molecule has 2 N–H and O–H groups in total. The molecule has 0 aliphatic carbocycles. The minimum atomic E-state index is -0.650. The van der Waals surface area contributed by atoms with Gasteiger partial charge in [0.2, 0.25) is 0 Å². The molecule has 0 unspecified atom stereocenters. The highest BCUT2D eigenvalue weighted by Gasteiger charge is 2.37. The van der Waals surface area contributed by atoms with Crippen LogP contribution in [-0.2, 0) is 4.74 Å². The van der Waals surface area contributed by atoms with Gasteiger partial charge >= 0.3 is 6.09 Å². The van der Waals surface area contributed by atoms with Crippen LogP contribution in [0.5, 0.6) is 0 Å². The number of carbonyl (C=O) groups is 1. The molecule has 1 aliphatic rings. The van der Waals surface area contributed by atoms with Crippen LogP contribution < -0.4 is 0 Å². The van der Waals surface area contributed by atoms with Crippen LogP contribution in [0.4, 0.5) is 4.79 Å². The first-order valence-corrected chi connectivity index (χ1v) is 5.13. The Kier molecular flexibility index (Phi) is 3.57. The number of rotatable bonds is 1. The summed E-state index contributed by atoms with van der Waals surface area (Å²) < 4.78 is 5.17. The number of carbonyl (C=O) groups excluding carboxylic acids is 1. The number of aliphatic hydroxyl groups is 2. The van der Waals surface area contributed by atoms with E-state index in [1.54, 1.807) is 20.8 Å². The van der Waals surface area contributed by atoms with Crippen LogP contribution in [0.1, 0.15) is 27.2 Å². The molecule has 0 bridgehead atoms. The van der Waals surface area contributed by atoms with Crippen LogP contribution in [0.25, 0.3) is 0 Å². The van der Waals surface area contributed by atoms with Gasteiger partial charge in [-0.3, -0.25) is 0 Å². The maximum Gasteiger partial charge on any atom is 0.410 e. The summed E-state index contributed by atoms with van der Waals surface area (Å²) in [6.45, 7) is 5.55. The van der Waals surface area contributed by atoms with Crippen LogP contribution in [-0.4, -0.2) is 52.1 Å². The van der Waals surface area contributed by atoms with Gasteiger partial charge in [0.15, 0.2) is 0 Å². The summed E-state index contributed by atoms with van der Waals surface area (Å²) in [4.78, 5) is 13.0. The third-order valence-corrected chi connectivity index (χ3v) is 2.33. The Hall–Kier alpha value is -0.810.